The van der Waals surface area contributed by atoms with Crippen molar-refractivity contribution >= 4 is 0 Å². The number of rotatable bonds is 3. The predicted octanol–water partition coefficient (Wildman–Crippen LogP) is 2.79. The molecule has 0 atom stereocenters. The van der Waals surface area contributed by atoms with Crippen LogP contribution in [-0.4, -0.2) is 9.97 Å². The second-order valence-electron chi connectivity index (χ2n) is 4.44. The monoisotopic (exact) mass is 261 g/mol. The Bertz CT molecular complexity index is 591. The fourth-order valence-electron chi connectivity index (χ4n) is 1.92. The van der Waals surface area contributed by atoms with Gasteiger partial charge in [-0.3, -0.25) is 0 Å². The minimum atomic E-state index is -0.538. The number of ether oxygens (including phenoxy) is 1. The molecule has 2 aromatic rings. The van der Waals surface area contributed by atoms with Gasteiger partial charge >= 0.3 is 0 Å². The van der Waals surface area contributed by atoms with Crippen molar-refractivity contribution in [2.45, 2.75) is 27.3 Å². The van der Waals surface area contributed by atoms with E-state index in [1.54, 1.807) is 6.92 Å². The van der Waals surface area contributed by atoms with E-state index in [1.807, 2.05) is 26.0 Å². The lowest BCUT2D eigenvalue weighted by molar-refractivity contribution is 0.412. The molecule has 0 saturated heterocycles. The van der Waals surface area contributed by atoms with Gasteiger partial charge < -0.3 is 10.5 Å². The highest BCUT2D eigenvalue weighted by molar-refractivity contribution is 5.45. The zero-order chi connectivity index (χ0) is 14.0. The van der Waals surface area contributed by atoms with Crippen molar-refractivity contribution in [1.29, 1.82) is 0 Å². The van der Waals surface area contributed by atoms with E-state index in [1.165, 1.54) is 6.33 Å². The first kappa shape index (κ1) is 13.4. The Labute approximate surface area is 111 Å². The van der Waals surface area contributed by atoms with Crippen LogP contribution in [-0.2, 0) is 6.54 Å². The van der Waals surface area contributed by atoms with Gasteiger partial charge in [-0.1, -0.05) is 12.1 Å². The Morgan fingerprint density at radius 2 is 1.79 bits per heavy atom. The van der Waals surface area contributed by atoms with Gasteiger partial charge in [-0.15, -0.1) is 0 Å². The molecule has 2 N–H and O–H groups in total. The Balaban J connectivity index is 2.41. The summed E-state index contributed by atoms with van der Waals surface area (Å²) in [6, 6.07) is 3.85. The van der Waals surface area contributed by atoms with Crippen molar-refractivity contribution in [2.24, 2.45) is 5.73 Å². The zero-order valence-electron chi connectivity index (χ0n) is 11.2. The van der Waals surface area contributed by atoms with Crippen LogP contribution < -0.4 is 10.5 Å². The van der Waals surface area contributed by atoms with Crippen molar-refractivity contribution in [1.82, 2.24) is 9.97 Å². The second-order valence-corrected chi connectivity index (χ2v) is 4.44. The fraction of sp³-hybridized carbons (Fsp3) is 0.286. The maximum absolute atomic E-state index is 13.8. The van der Waals surface area contributed by atoms with Gasteiger partial charge in [0, 0.05) is 6.54 Å². The molecule has 0 aliphatic heterocycles. The van der Waals surface area contributed by atoms with Crippen molar-refractivity contribution in [2.75, 3.05) is 0 Å². The summed E-state index contributed by atoms with van der Waals surface area (Å²) < 4.78 is 19.4. The Hall–Kier alpha value is -2.01. The first-order valence-electron chi connectivity index (χ1n) is 5.98. The van der Waals surface area contributed by atoms with Crippen molar-refractivity contribution < 1.29 is 9.13 Å². The van der Waals surface area contributed by atoms with Gasteiger partial charge in [0.25, 0.3) is 5.88 Å². The van der Waals surface area contributed by atoms with Crippen LogP contribution in [0, 0.1) is 26.6 Å². The molecule has 0 radical (unpaired) electrons. The van der Waals surface area contributed by atoms with Crippen LogP contribution in [0.1, 0.15) is 22.4 Å². The third kappa shape index (κ3) is 2.71. The first-order chi connectivity index (χ1) is 9.02. The molecule has 0 aliphatic carbocycles. The van der Waals surface area contributed by atoms with Crippen LogP contribution in [0.5, 0.6) is 11.6 Å². The molecule has 1 heterocycles. The Morgan fingerprint density at radius 1 is 1.16 bits per heavy atom. The van der Waals surface area contributed by atoms with Crippen LogP contribution in [0.25, 0.3) is 0 Å². The van der Waals surface area contributed by atoms with E-state index in [2.05, 4.69) is 9.97 Å². The molecule has 1 aromatic heterocycles. The molecule has 4 nitrogen and oxygen atoms in total. The van der Waals surface area contributed by atoms with E-state index >= 15 is 0 Å². The van der Waals surface area contributed by atoms with Gasteiger partial charge in [0.1, 0.15) is 12.1 Å². The van der Waals surface area contributed by atoms with E-state index in [0.717, 1.165) is 16.7 Å². The summed E-state index contributed by atoms with van der Waals surface area (Å²) in [5, 5.41) is 0. The lowest BCUT2D eigenvalue weighted by Gasteiger charge is -2.13. The highest BCUT2D eigenvalue weighted by Gasteiger charge is 2.13. The van der Waals surface area contributed by atoms with Gasteiger partial charge in [0.2, 0.25) is 5.82 Å². The highest BCUT2D eigenvalue weighted by Crippen LogP contribution is 2.30. The molecule has 0 unspecified atom stereocenters. The summed E-state index contributed by atoms with van der Waals surface area (Å²) in [6.45, 7) is 5.82. The number of benzene rings is 1. The molecule has 0 bridgehead atoms. The maximum atomic E-state index is 13.8. The summed E-state index contributed by atoms with van der Waals surface area (Å²) in [5.74, 6) is 0.0117. The zero-order valence-corrected chi connectivity index (χ0v) is 11.2. The topological polar surface area (TPSA) is 61.0 Å². The normalized spacial score (nSPS) is 10.6. The molecule has 2 rings (SSSR count). The number of aromatic nitrogens is 2. The van der Waals surface area contributed by atoms with Crippen molar-refractivity contribution in [3.05, 3.63) is 46.7 Å². The molecule has 0 fully saturated rings. The average molecular weight is 261 g/mol. The number of halogens is 1. The molecule has 1 aromatic carbocycles. The molecular weight excluding hydrogens is 245 g/mol. The van der Waals surface area contributed by atoms with Gasteiger partial charge in [-0.2, -0.15) is 9.37 Å². The molecule has 5 heteroatoms. The van der Waals surface area contributed by atoms with Crippen LogP contribution in [0.2, 0.25) is 0 Å². The predicted molar refractivity (Wildman–Crippen MR) is 70.6 cm³/mol. The fourth-order valence-corrected chi connectivity index (χ4v) is 1.92. The quantitative estimate of drug-likeness (QED) is 0.922. The molecular formula is C14H16FN3O. The SMILES string of the molecule is Cc1cc(CN)cc(C)c1Oc1ncnc(C)c1F. The number of nitrogens with two attached hydrogens (primary N) is 1. The largest absolute Gasteiger partial charge is 0.436 e. The smallest absolute Gasteiger partial charge is 0.259 e. The van der Waals surface area contributed by atoms with Crippen molar-refractivity contribution in [3.63, 3.8) is 0 Å². The van der Waals surface area contributed by atoms with Crippen LogP contribution in [0.15, 0.2) is 18.5 Å². The van der Waals surface area contributed by atoms with E-state index in [0.29, 0.717) is 12.3 Å². The summed E-state index contributed by atoms with van der Waals surface area (Å²) in [5.41, 5.74) is 8.69. The lowest BCUT2D eigenvalue weighted by Crippen LogP contribution is -2.02. The standard InChI is InChI=1S/C14H16FN3O/c1-8-4-11(6-16)5-9(2)13(8)19-14-12(15)10(3)17-7-18-14/h4-5,7H,6,16H2,1-3H3. The summed E-state index contributed by atoms with van der Waals surface area (Å²) >= 11 is 0. The molecule has 19 heavy (non-hydrogen) atoms. The second kappa shape index (κ2) is 5.32. The number of hydrogen-bond donors (Lipinski definition) is 1. The third-order valence-corrected chi connectivity index (χ3v) is 2.89. The van der Waals surface area contributed by atoms with Gasteiger partial charge in [-0.25, -0.2) is 4.98 Å². The third-order valence-electron chi connectivity index (χ3n) is 2.89. The van der Waals surface area contributed by atoms with Crippen LogP contribution >= 0.6 is 0 Å². The lowest BCUT2D eigenvalue weighted by atomic mass is 10.1. The van der Waals surface area contributed by atoms with Crippen LogP contribution in [0.3, 0.4) is 0 Å². The summed E-state index contributed by atoms with van der Waals surface area (Å²) in [7, 11) is 0. The minimum absolute atomic E-state index is 0.0563. The van der Waals surface area contributed by atoms with E-state index in [-0.39, 0.29) is 11.6 Å². The van der Waals surface area contributed by atoms with Gasteiger partial charge in [-0.05, 0) is 37.5 Å². The maximum Gasteiger partial charge on any atom is 0.259 e. The molecule has 0 saturated carbocycles. The molecule has 0 aliphatic rings. The molecule has 0 spiro atoms. The number of hydrogen-bond acceptors (Lipinski definition) is 4. The van der Waals surface area contributed by atoms with Gasteiger partial charge in [0.15, 0.2) is 0 Å². The summed E-state index contributed by atoms with van der Waals surface area (Å²) in [6.07, 6.45) is 1.28. The molecule has 100 valence electrons. The minimum Gasteiger partial charge on any atom is -0.436 e. The summed E-state index contributed by atoms with van der Waals surface area (Å²) in [4.78, 5) is 7.60. The van der Waals surface area contributed by atoms with E-state index in [4.69, 9.17) is 10.5 Å². The van der Waals surface area contributed by atoms with Crippen LogP contribution in [0.4, 0.5) is 4.39 Å². The first-order valence-corrected chi connectivity index (χ1v) is 5.98. The number of nitrogens with zero attached hydrogens (tertiary/aromatic N) is 2. The van der Waals surface area contributed by atoms with E-state index in [9.17, 15) is 4.39 Å². The van der Waals surface area contributed by atoms with Crippen molar-refractivity contribution in [3.8, 4) is 11.6 Å². The Morgan fingerprint density at radius 3 is 2.37 bits per heavy atom. The van der Waals surface area contributed by atoms with E-state index < -0.39 is 5.82 Å². The van der Waals surface area contributed by atoms with Gasteiger partial charge in [0.05, 0.1) is 5.69 Å². The highest BCUT2D eigenvalue weighted by atomic mass is 19.1. The average Bonchev–Trinajstić information content (AvgIpc) is 2.38. The molecule has 0 amide bonds. The Kier molecular flexibility index (Phi) is 3.76. The number of aryl methyl sites for hydroxylation is 3.